The van der Waals surface area contributed by atoms with Crippen LogP contribution in [0.1, 0.15) is 28.2 Å². The van der Waals surface area contributed by atoms with Gasteiger partial charge >= 0.3 is 0 Å². The minimum atomic E-state index is 0.0685. The summed E-state index contributed by atoms with van der Waals surface area (Å²) in [5.74, 6) is 0.0685. The van der Waals surface area contributed by atoms with Crippen LogP contribution in [0.4, 0.5) is 0 Å². The Bertz CT molecular complexity index is 469. The molecule has 6 heteroatoms. The van der Waals surface area contributed by atoms with Crippen LogP contribution in [0.2, 0.25) is 0 Å². The van der Waals surface area contributed by atoms with E-state index in [9.17, 15) is 4.79 Å². The fourth-order valence-electron chi connectivity index (χ4n) is 2.43. The van der Waals surface area contributed by atoms with Crippen LogP contribution in [-0.4, -0.2) is 65.2 Å². The number of nitrogens with two attached hydrogens (primary N) is 1. The van der Waals surface area contributed by atoms with Gasteiger partial charge in [-0.2, -0.15) is 10.2 Å². The van der Waals surface area contributed by atoms with Crippen molar-refractivity contribution in [1.29, 1.82) is 0 Å². The molecule has 1 amide bonds. The average molecular weight is 277 g/mol. The predicted octanol–water partition coefficient (Wildman–Crippen LogP) is 0.200. The van der Waals surface area contributed by atoms with Crippen molar-refractivity contribution in [2.75, 3.05) is 39.3 Å². The summed E-state index contributed by atoms with van der Waals surface area (Å²) in [5, 5.41) is 8.00. The number of carbonyl (C=O) groups excluding carboxylic acids is 1. The third-order valence-corrected chi connectivity index (χ3v) is 3.67. The lowest BCUT2D eigenvalue weighted by Gasteiger charge is -2.34. The standard InChI is InChI=1S/C14H23N5O/c1-11-10-13(12(2)17-16-11)14(20)19-8-6-18(7-9-19)5-3-4-15/h10H,3-9,15H2,1-2H3. The zero-order chi connectivity index (χ0) is 14.5. The van der Waals surface area contributed by atoms with Gasteiger partial charge in [-0.25, -0.2) is 0 Å². The Hall–Kier alpha value is -1.53. The molecule has 0 atom stereocenters. The number of rotatable bonds is 4. The summed E-state index contributed by atoms with van der Waals surface area (Å²) in [6.45, 7) is 8.80. The Morgan fingerprint density at radius 1 is 1.25 bits per heavy atom. The zero-order valence-corrected chi connectivity index (χ0v) is 12.3. The maximum Gasteiger partial charge on any atom is 0.255 e. The van der Waals surface area contributed by atoms with Gasteiger partial charge in [0.05, 0.1) is 17.0 Å². The minimum Gasteiger partial charge on any atom is -0.336 e. The molecular formula is C14H23N5O. The van der Waals surface area contributed by atoms with Gasteiger partial charge in [-0.3, -0.25) is 9.69 Å². The molecule has 0 spiro atoms. The first-order valence-corrected chi connectivity index (χ1v) is 7.14. The summed E-state index contributed by atoms with van der Waals surface area (Å²) in [4.78, 5) is 16.8. The molecule has 20 heavy (non-hydrogen) atoms. The van der Waals surface area contributed by atoms with E-state index in [1.165, 1.54) is 0 Å². The molecule has 0 radical (unpaired) electrons. The molecule has 1 aliphatic heterocycles. The van der Waals surface area contributed by atoms with Crippen molar-refractivity contribution in [2.24, 2.45) is 5.73 Å². The number of piperazine rings is 1. The number of aromatic nitrogens is 2. The number of aryl methyl sites for hydroxylation is 2. The smallest absolute Gasteiger partial charge is 0.255 e. The van der Waals surface area contributed by atoms with E-state index in [-0.39, 0.29) is 5.91 Å². The number of carbonyl (C=O) groups is 1. The average Bonchev–Trinajstić information content (AvgIpc) is 2.47. The Balaban J connectivity index is 1.96. The Morgan fingerprint density at radius 3 is 2.60 bits per heavy atom. The molecule has 2 heterocycles. The van der Waals surface area contributed by atoms with Crippen LogP contribution >= 0.6 is 0 Å². The molecule has 1 aliphatic rings. The number of hydrogen-bond donors (Lipinski definition) is 1. The van der Waals surface area contributed by atoms with E-state index in [2.05, 4.69) is 15.1 Å². The lowest BCUT2D eigenvalue weighted by molar-refractivity contribution is 0.0635. The van der Waals surface area contributed by atoms with Gasteiger partial charge in [-0.15, -0.1) is 0 Å². The summed E-state index contributed by atoms with van der Waals surface area (Å²) >= 11 is 0. The Kier molecular flexibility index (Phi) is 5.03. The number of nitrogens with zero attached hydrogens (tertiary/aromatic N) is 4. The largest absolute Gasteiger partial charge is 0.336 e. The second kappa shape index (κ2) is 6.76. The molecule has 0 bridgehead atoms. The van der Waals surface area contributed by atoms with E-state index in [1.54, 1.807) is 0 Å². The molecule has 0 unspecified atom stereocenters. The highest BCUT2D eigenvalue weighted by molar-refractivity contribution is 5.95. The Morgan fingerprint density at radius 2 is 1.95 bits per heavy atom. The van der Waals surface area contributed by atoms with Crippen LogP contribution < -0.4 is 5.73 Å². The lowest BCUT2D eigenvalue weighted by Crippen LogP contribution is -2.49. The van der Waals surface area contributed by atoms with E-state index < -0.39 is 0 Å². The quantitative estimate of drug-likeness (QED) is 0.851. The molecule has 0 aromatic carbocycles. The molecule has 1 fully saturated rings. The molecule has 2 rings (SSSR count). The number of hydrogen-bond acceptors (Lipinski definition) is 5. The van der Waals surface area contributed by atoms with Crippen LogP contribution in [0, 0.1) is 13.8 Å². The first-order valence-electron chi connectivity index (χ1n) is 7.14. The van der Waals surface area contributed by atoms with Crippen LogP contribution in [0.25, 0.3) is 0 Å². The van der Waals surface area contributed by atoms with Crippen LogP contribution in [0.15, 0.2) is 6.07 Å². The fraction of sp³-hybridized carbons (Fsp3) is 0.643. The van der Waals surface area contributed by atoms with E-state index >= 15 is 0 Å². The van der Waals surface area contributed by atoms with Gasteiger partial charge in [0.15, 0.2) is 0 Å². The van der Waals surface area contributed by atoms with Crippen molar-refractivity contribution in [3.8, 4) is 0 Å². The SMILES string of the molecule is Cc1cc(C(=O)N2CCN(CCCN)CC2)c(C)nn1. The molecule has 6 nitrogen and oxygen atoms in total. The van der Waals surface area contributed by atoms with Gasteiger partial charge in [0, 0.05) is 26.2 Å². The van der Waals surface area contributed by atoms with Gasteiger partial charge in [0.25, 0.3) is 5.91 Å². The first-order chi connectivity index (χ1) is 9.61. The van der Waals surface area contributed by atoms with E-state index in [0.29, 0.717) is 11.3 Å². The van der Waals surface area contributed by atoms with Gasteiger partial charge in [-0.05, 0) is 39.4 Å². The summed E-state index contributed by atoms with van der Waals surface area (Å²) in [7, 11) is 0. The van der Waals surface area contributed by atoms with Gasteiger partial charge in [0.1, 0.15) is 0 Å². The van der Waals surface area contributed by atoms with Crippen molar-refractivity contribution in [3.63, 3.8) is 0 Å². The lowest BCUT2D eigenvalue weighted by atomic mass is 10.1. The molecular weight excluding hydrogens is 254 g/mol. The highest BCUT2D eigenvalue weighted by Gasteiger charge is 2.23. The fourth-order valence-corrected chi connectivity index (χ4v) is 2.43. The van der Waals surface area contributed by atoms with Gasteiger partial charge in [-0.1, -0.05) is 0 Å². The van der Waals surface area contributed by atoms with Crippen molar-refractivity contribution in [1.82, 2.24) is 20.0 Å². The molecule has 0 saturated carbocycles. The number of amides is 1. The maximum atomic E-state index is 12.5. The third kappa shape index (κ3) is 3.52. The van der Waals surface area contributed by atoms with Crippen molar-refractivity contribution in [3.05, 3.63) is 23.0 Å². The maximum absolute atomic E-state index is 12.5. The van der Waals surface area contributed by atoms with E-state index in [1.807, 2.05) is 24.8 Å². The van der Waals surface area contributed by atoms with Crippen LogP contribution in [0.5, 0.6) is 0 Å². The molecule has 1 aromatic rings. The first kappa shape index (κ1) is 14.9. The molecule has 1 aromatic heterocycles. The van der Waals surface area contributed by atoms with Crippen molar-refractivity contribution in [2.45, 2.75) is 20.3 Å². The van der Waals surface area contributed by atoms with Gasteiger partial charge < -0.3 is 10.6 Å². The summed E-state index contributed by atoms with van der Waals surface area (Å²) in [5.41, 5.74) is 7.68. The van der Waals surface area contributed by atoms with Crippen LogP contribution in [0.3, 0.4) is 0 Å². The van der Waals surface area contributed by atoms with E-state index in [4.69, 9.17) is 5.73 Å². The molecule has 110 valence electrons. The molecule has 0 aliphatic carbocycles. The monoisotopic (exact) mass is 277 g/mol. The van der Waals surface area contributed by atoms with E-state index in [0.717, 1.165) is 51.4 Å². The molecule has 2 N–H and O–H groups in total. The highest BCUT2D eigenvalue weighted by atomic mass is 16.2. The minimum absolute atomic E-state index is 0.0685. The summed E-state index contributed by atoms with van der Waals surface area (Å²) in [6, 6.07) is 1.82. The highest BCUT2D eigenvalue weighted by Crippen LogP contribution is 2.12. The second-order valence-corrected chi connectivity index (χ2v) is 5.26. The van der Waals surface area contributed by atoms with Crippen molar-refractivity contribution >= 4 is 5.91 Å². The Labute approximate surface area is 120 Å². The second-order valence-electron chi connectivity index (χ2n) is 5.26. The van der Waals surface area contributed by atoms with Crippen molar-refractivity contribution < 1.29 is 4.79 Å². The zero-order valence-electron chi connectivity index (χ0n) is 12.3. The normalized spacial score (nSPS) is 16.4. The van der Waals surface area contributed by atoms with Gasteiger partial charge in [0.2, 0.25) is 0 Å². The topological polar surface area (TPSA) is 75.4 Å². The predicted molar refractivity (Wildman–Crippen MR) is 77.5 cm³/mol. The van der Waals surface area contributed by atoms with Crippen LogP contribution in [-0.2, 0) is 0 Å². The summed E-state index contributed by atoms with van der Waals surface area (Å²) in [6.07, 6.45) is 1.01. The molecule has 1 saturated heterocycles. The summed E-state index contributed by atoms with van der Waals surface area (Å²) < 4.78 is 0. The third-order valence-electron chi connectivity index (χ3n) is 3.67.